The highest BCUT2D eigenvalue weighted by atomic mass is 16.7. The summed E-state index contributed by atoms with van der Waals surface area (Å²) in [4.78, 5) is 20.8. The minimum absolute atomic E-state index is 0.0245. The van der Waals surface area contributed by atoms with Crippen LogP contribution in [0.1, 0.15) is 140 Å². The largest absolute Gasteiger partial charge is 0.497 e. The number of hydrogen-bond acceptors (Lipinski definition) is 7. The lowest BCUT2D eigenvalue weighted by atomic mass is 9.80. The van der Waals surface area contributed by atoms with E-state index in [9.17, 15) is 10.1 Å². The van der Waals surface area contributed by atoms with Crippen molar-refractivity contribution < 1.29 is 23.7 Å². The van der Waals surface area contributed by atoms with Crippen molar-refractivity contribution in [2.45, 2.75) is 136 Å². The molecule has 8 nitrogen and oxygen atoms in total. The van der Waals surface area contributed by atoms with E-state index in [1.165, 1.54) is 69.8 Å². The molecule has 3 aromatic rings. The highest BCUT2D eigenvalue weighted by Crippen LogP contribution is 2.39. The number of carbonyl (C=O) groups is 1. The molecule has 0 radical (unpaired) electrons. The summed E-state index contributed by atoms with van der Waals surface area (Å²) in [5, 5.41) is 9.73. The molecule has 2 fully saturated rings. The Morgan fingerprint density at radius 3 is 2.00 bits per heavy atom. The Labute approximate surface area is 336 Å². The van der Waals surface area contributed by atoms with E-state index in [0.717, 1.165) is 67.9 Å². The van der Waals surface area contributed by atoms with Crippen LogP contribution in [0.3, 0.4) is 0 Å². The van der Waals surface area contributed by atoms with Gasteiger partial charge in [-0.2, -0.15) is 5.26 Å². The van der Waals surface area contributed by atoms with E-state index in [-0.39, 0.29) is 47.5 Å². The van der Waals surface area contributed by atoms with Crippen molar-refractivity contribution in [2.24, 2.45) is 22.7 Å². The second-order valence-electron chi connectivity index (χ2n) is 15.3. The molecule has 0 aromatic heterocycles. The molecule has 0 N–H and O–H groups in total. The number of rotatable bonds is 18. The molecule has 0 heterocycles. The van der Waals surface area contributed by atoms with Gasteiger partial charge in [-0.3, -0.25) is 9.79 Å². The second kappa shape index (κ2) is 24.8. The molecule has 8 heteroatoms. The van der Waals surface area contributed by atoms with Crippen molar-refractivity contribution in [3.05, 3.63) is 88.8 Å². The number of nitrogens with zero attached hydrogens (tertiary/aromatic N) is 3. The summed E-state index contributed by atoms with van der Waals surface area (Å²) in [7, 11) is 1.67. The van der Waals surface area contributed by atoms with Gasteiger partial charge < -0.3 is 18.9 Å². The first-order valence-electron chi connectivity index (χ1n) is 21.1. The third-order valence-corrected chi connectivity index (χ3v) is 11.2. The molecule has 5 rings (SSSR count). The van der Waals surface area contributed by atoms with Gasteiger partial charge in [0, 0.05) is 6.21 Å². The fourth-order valence-corrected chi connectivity index (χ4v) is 7.59. The van der Waals surface area contributed by atoms with Crippen LogP contribution in [0.25, 0.3) is 4.85 Å². The number of ether oxygens (including phenoxy) is 4. The lowest BCUT2D eigenvalue weighted by Crippen LogP contribution is -2.25. The molecule has 2 aliphatic carbocycles. The Hall–Kier alpha value is -4.66. The van der Waals surface area contributed by atoms with E-state index in [4.69, 9.17) is 25.5 Å². The average Bonchev–Trinajstić information content (AvgIpc) is 3.25. The molecule has 0 amide bonds. The standard InChI is InChI=1S/C30H42N2O4.C18H21NO/c1-4-6-8-22-10-14-24(15-11-22)30(33)36-28-19-18-27(26(20-31)29(28)32-3)35-21-34-25-16-12-23(13-17-25)9-7-5-2;1-3-4-5-15-6-10-17(11-7-15)19-14-16-8-12-18(20-2)13-9-16/h18-19,22-25H,4-17,21H2,1-2H3;6-14H,3-5H2,1-2H3. The van der Waals surface area contributed by atoms with Crippen LogP contribution in [0.5, 0.6) is 17.2 Å². The Kier molecular flexibility index (Phi) is 19.5. The van der Waals surface area contributed by atoms with Gasteiger partial charge in [0.2, 0.25) is 5.69 Å². The zero-order valence-electron chi connectivity index (χ0n) is 34.3. The molecular weight excluding hydrogens is 699 g/mol. The van der Waals surface area contributed by atoms with Crippen molar-refractivity contribution in [1.82, 2.24) is 0 Å². The van der Waals surface area contributed by atoms with Gasteiger partial charge >= 0.3 is 5.97 Å². The first kappa shape index (κ1) is 44.1. The Morgan fingerprint density at radius 2 is 1.43 bits per heavy atom. The lowest BCUT2D eigenvalue weighted by Gasteiger charge is -2.28. The fourth-order valence-electron chi connectivity index (χ4n) is 7.59. The number of carbonyl (C=O) groups excluding carboxylic acids is 1. The summed E-state index contributed by atoms with van der Waals surface area (Å²) >= 11 is 0. The molecule has 56 heavy (non-hydrogen) atoms. The minimum atomic E-state index is -0.302. The molecule has 300 valence electrons. The Balaban J connectivity index is 0.000000293. The first-order chi connectivity index (χ1) is 27.4. The molecule has 2 aliphatic rings. The van der Waals surface area contributed by atoms with Gasteiger partial charge in [0.15, 0.2) is 6.79 Å². The van der Waals surface area contributed by atoms with Gasteiger partial charge in [-0.1, -0.05) is 77.8 Å². The van der Waals surface area contributed by atoms with Crippen LogP contribution < -0.4 is 14.2 Å². The Morgan fingerprint density at radius 1 is 0.821 bits per heavy atom. The van der Waals surface area contributed by atoms with E-state index in [0.29, 0.717) is 5.92 Å². The number of methoxy groups -OCH3 is 1. The maximum atomic E-state index is 12.8. The summed E-state index contributed by atoms with van der Waals surface area (Å²) in [5.41, 5.74) is 3.55. The summed E-state index contributed by atoms with van der Waals surface area (Å²) in [6.07, 6.45) is 21.4. The van der Waals surface area contributed by atoms with E-state index in [1.54, 1.807) is 19.2 Å². The van der Waals surface area contributed by atoms with Gasteiger partial charge in [0.05, 0.1) is 37.5 Å². The van der Waals surface area contributed by atoms with Gasteiger partial charge in [-0.25, -0.2) is 4.85 Å². The predicted molar refractivity (Wildman–Crippen MR) is 225 cm³/mol. The van der Waals surface area contributed by atoms with Crippen LogP contribution in [0.2, 0.25) is 0 Å². The monoisotopic (exact) mass is 761 g/mol. The van der Waals surface area contributed by atoms with Crippen molar-refractivity contribution >= 4 is 23.6 Å². The smallest absolute Gasteiger partial charge is 0.313 e. The molecule has 0 aliphatic heterocycles. The van der Waals surface area contributed by atoms with Gasteiger partial charge in [0.1, 0.15) is 22.8 Å². The minimum Gasteiger partial charge on any atom is -0.497 e. The zero-order chi connectivity index (χ0) is 40.0. The highest BCUT2D eigenvalue weighted by Gasteiger charge is 2.29. The average molecular weight is 762 g/mol. The highest BCUT2D eigenvalue weighted by molar-refractivity contribution is 5.82. The molecule has 0 spiro atoms. The quantitative estimate of drug-likeness (QED) is 0.0421. The lowest BCUT2D eigenvalue weighted by molar-refractivity contribution is -0.140. The number of aliphatic imine (C=N–C) groups is 1. The van der Waals surface area contributed by atoms with E-state index < -0.39 is 0 Å². The number of aryl methyl sites for hydroxylation is 1. The molecule has 0 unspecified atom stereocenters. The van der Waals surface area contributed by atoms with Crippen LogP contribution in [-0.4, -0.2) is 32.2 Å². The van der Waals surface area contributed by atoms with Crippen molar-refractivity contribution in [3.8, 4) is 23.3 Å². The Bertz CT molecular complexity index is 1710. The zero-order valence-corrected chi connectivity index (χ0v) is 34.3. The summed E-state index contributed by atoms with van der Waals surface area (Å²) in [6.45, 7) is 14.3. The second-order valence-corrected chi connectivity index (χ2v) is 15.3. The van der Waals surface area contributed by atoms with E-state index in [2.05, 4.69) is 60.9 Å². The van der Waals surface area contributed by atoms with Gasteiger partial charge in [-0.15, -0.1) is 0 Å². The number of nitriles is 1. The molecule has 0 atom stereocenters. The van der Waals surface area contributed by atoms with Crippen molar-refractivity contribution in [3.63, 3.8) is 0 Å². The SMILES string of the molecule is CCCCc1ccc(N=Cc2ccc(OC)cc2)cc1.[C-]#[N+]c1c(OC(=O)C2CCC(CCCC)CC2)ccc(OCOC2CCC(CCCC)CC2)c1C#N. The third-order valence-electron chi connectivity index (χ3n) is 11.2. The molecular formula is C48H63N3O5. The van der Waals surface area contributed by atoms with Crippen LogP contribution in [0.15, 0.2) is 65.7 Å². The topological polar surface area (TPSA) is 94.5 Å². The first-order valence-corrected chi connectivity index (χ1v) is 21.1. The predicted octanol–water partition coefficient (Wildman–Crippen LogP) is 12.9. The summed E-state index contributed by atoms with van der Waals surface area (Å²) in [6, 6.07) is 21.6. The molecule has 0 bridgehead atoms. The third kappa shape index (κ3) is 14.4. The summed E-state index contributed by atoms with van der Waals surface area (Å²) < 4.78 is 22.5. The van der Waals surface area contributed by atoms with Crippen molar-refractivity contribution in [2.75, 3.05) is 13.9 Å². The maximum absolute atomic E-state index is 12.8. The molecule has 0 saturated heterocycles. The molecule has 2 saturated carbocycles. The van der Waals surface area contributed by atoms with Crippen LogP contribution in [-0.2, 0) is 16.0 Å². The van der Waals surface area contributed by atoms with E-state index >= 15 is 0 Å². The van der Waals surface area contributed by atoms with Gasteiger partial charge in [0.25, 0.3) is 0 Å². The number of hydrogen-bond donors (Lipinski definition) is 0. The fraction of sp³-hybridized carbons (Fsp3) is 0.542. The van der Waals surface area contributed by atoms with Crippen molar-refractivity contribution in [1.29, 1.82) is 5.26 Å². The molecule has 3 aromatic carbocycles. The summed E-state index contributed by atoms with van der Waals surface area (Å²) in [5.74, 6) is 2.35. The normalized spacial score (nSPS) is 19.2. The number of esters is 1. The number of benzene rings is 3. The van der Waals surface area contributed by atoms with Gasteiger partial charge in [-0.05, 0) is 136 Å². The van der Waals surface area contributed by atoms with E-state index in [1.807, 2.05) is 30.5 Å². The van der Waals surface area contributed by atoms with Crippen LogP contribution in [0.4, 0.5) is 11.4 Å². The van der Waals surface area contributed by atoms with Crippen LogP contribution >= 0.6 is 0 Å². The maximum Gasteiger partial charge on any atom is 0.313 e. The van der Waals surface area contributed by atoms with Crippen LogP contribution in [0, 0.1) is 35.7 Å². The number of unbranched alkanes of at least 4 members (excludes halogenated alkanes) is 3.